The predicted octanol–water partition coefficient (Wildman–Crippen LogP) is -1.45. The number of hydrogen-bond donors (Lipinski definition) is 2. The summed E-state index contributed by atoms with van der Waals surface area (Å²) in [6.07, 6.45) is 4.79. The Hall–Kier alpha value is -2.31. The van der Waals surface area contributed by atoms with Gasteiger partial charge in [0.15, 0.2) is 0 Å². The van der Waals surface area contributed by atoms with E-state index >= 15 is 0 Å². The molecular formula is C8H7FN2O4. The molecule has 0 fully saturated rings. The zero-order valence-corrected chi connectivity index (χ0v) is 7.35. The Balaban J connectivity index is 0.000000245. The molecule has 6 nitrogen and oxygen atoms in total. The Morgan fingerprint density at radius 3 is 0.867 bits per heavy atom. The number of amides is 4. The molecule has 0 aromatic heterocycles. The zero-order chi connectivity index (χ0) is 10.6. The molecule has 0 aromatic carbocycles. The average Bonchev–Trinajstić information content (AvgIpc) is 2.63. The van der Waals surface area contributed by atoms with E-state index in [1.165, 1.54) is 24.3 Å². The van der Waals surface area contributed by atoms with E-state index < -0.39 is 0 Å². The van der Waals surface area contributed by atoms with Crippen LogP contribution in [0, 0.1) is 0 Å². The number of halogens is 1. The van der Waals surface area contributed by atoms with Crippen LogP contribution in [0.2, 0.25) is 0 Å². The summed E-state index contributed by atoms with van der Waals surface area (Å²) in [6, 6.07) is 0. The molecule has 7 heteroatoms. The van der Waals surface area contributed by atoms with Crippen molar-refractivity contribution >= 4 is 23.6 Å². The minimum Gasteiger partial charge on any atom is -0.289 e. The summed E-state index contributed by atoms with van der Waals surface area (Å²) < 4.78 is 0. The van der Waals surface area contributed by atoms with Gasteiger partial charge in [0.25, 0.3) is 23.6 Å². The van der Waals surface area contributed by atoms with Gasteiger partial charge >= 0.3 is 0 Å². The lowest BCUT2D eigenvalue weighted by atomic mass is 10.6. The molecule has 0 aromatic rings. The molecular weight excluding hydrogens is 207 g/mol. The number of hydrogen-bond acceptors (Lipinski definition) is 4. The molecule has 2 N–H and O–H groups in total. The van der Waals surface area contributed by atoms with Gasteiger partial charge in [0, 0.05) is 24.3 Å². The van der Waals surface area contributed by atoms with Crippen LogP contribution >= 0.6 is 0 Å². The lowest BCUT2D eigenvalue weighted by Gasteiger charge is -1.80. The van der Waals surface area contributed by atoms with E-state index in [1.54, 1.807) is 0 Å². The van der Waals surface area contributed by atoms with Crippen LogP contribution in [0.4, 0.5) is 4.70 Å². The maximum atomic E-state index is 10.0. The first-order valence-corrected chi connectivity index (χ1v) is 3.64. The van der Waals surface area contributed by atoms with Crippen LogP contribution in [0.5, 0.6) is 0 Å². The summed E-state index contributed by atoms with van der Waals surface area (Å²) in [5.41, 5.74) is 0. The Bertz CT molecular complexity index is 305. The fraction of sp³-hybridized carbons (Fsp3) is 0. The third kappa shape index (κ3) is 4.46. The maximum Gasteiger partial charge on any atom is 0.250 e. The van der Waals surface area contributed by atoms with Crippen LogP contribution in [-0.2, 0) is 19.2 Å². The van der Waals surface area contributed by atoms with Crippen LogP contribution in [-0.4, -0.2) is 23.6 Å². The van der Waals surface area contributed by atoms with E-state index in [9.17, 15) is 19.2 Å². The molecule has 0 atom stereocenters. The molecule has 0 radical (unpaired) electrons. The van der Waals surface area contributed by atoms with Crippen molar-refractivity contribution < 1.29 is 23.9 Å². The quantitative estimate of drug-likeness (QED) is 0.482. The number of rotatable bonds is 0. The third-order valence-electron chi connectivity index (χ3n) is 1.26. The fourth-order valence-electron chi connectivity index (χ4n) is 0.712. The summed E-state index contributed by atoms with van der Waals surface area (Å²) in [7, 11) is 0. The van der Waals surface area contributed by atoms with Crippen molar-refractivity contribution in [3.8, 4) is 0 Å². The second-order valence-corrected chi connectivity index (χ2v) is 2.37. The molecule has 2 aliphatic heterocycles. The molecule has 0 saturated carbocycles. The van der Waals surface area contributed by atoms with Gasteiger partial charge in [-0.1, -0.05) is 0 Å². The van der Waals surface area contributed by atoms with Gasteiger partial charge in [-0.25, -0.2) is 0 Å². The summed E-state index contributed by atoms with van der Waals surface area (Å²) >= 11 is 0. The van der Waals surface area contributed by atoms with Gasteiger partial charge in [0.2, 0.25) is 0 Å². The molecule has 80 valence electrons. The lowest BCUT2D eigenvalue weighted by molar-refractivity contribution is -0.125. The van der Waals surface area contributed by atoms with Crippen LogP contribution in [0.25, 0.3) is 0 Å². The van der Waals surface area contributed by atoms with Crippen molar-refractivity contribution in [3.63, 3.8) is 0 Å². The molecule has 4 amide bonds. The molecule has 2 rings (SSSR count). The summed E-state index contributed by atoms with van der Waals surface area (Å²) in [5, 5.41) is 4.06. The summed E-state index contributed by atoms with van der Waals surface area (Å²) in [6.45, 7) is 0. The smallest absolute Gasteiger partial charge is 0.250 e. The molecule has 2 heterocycles. The minimum atomic E-state index is -0.329. The van der Waals surface area contributed by atoms with E-state index in [1.807, 2.05) is 10.6 Å². The number of carbonyl (C=O) groups is 4. The van der Waals surface area contributed by atoms with Crippen LogP contribution in [0.15, 0.2) is 24.3 Å². The van der Waals surface area contributed by atoms with Crippen molar-refractivity contribution in [2.24, 2.45) is 0 Å². The van der Waals surface area contributed by atoms with E-state index in [-0.39, 0.29) is 28.3 Å². The second-order valence-electron chi connectivity index (χ2n) is 2.37. The van der Waals surface area contributed by atoms with Crippen molar-refractivity contribution in [2.45, 2.75) is 0 Å². The third-order valence-corrected chi connectivity index (χ3v) is 1.26. The summed E-state index contributed by atoms with van der Waals surface area (Å²) in [5.74, 6) is -1.31. The van der Waals surface area contributed by atoms with Gasteiger partial charge in [-0.15, -0.1) is 0 Å². The normalized spacial score (nSPS) is 16.5. The fourth-order valence-corrected chi connectivity index (χ4v) is 0.712. The number of nitrogens with one attached hydrogen (secondary N) is 2. The summed E-state index contributed by atoms with van der Waals surface area (Å²) in [4.78, 5) is 40.1. The van der Waals surface area contributed by atoms with Crippen LogP contribution in [0.1, 0.15) is 0 Å². The second kappa shape index (κ2) is 5.43. The Morgan fingerprint density at radius 1 is 0.600 bits per heavy atom. The van der Waals surface area contributed by atoms with Gasteiger partial charge in [0.1, 0.15) is 0 Å². The number of carbonyl (C=O) groups excluding carboxylic acids is 4. The van der Waals surface area contributed by atoms with Gasteiger partial charge in [0.05, 0.1) is 0 Å². The van der Waals surface area contributed by atoms with Gasteiger partial charge in [-0.2, -0.15) is 0 Å². The SMILES string of the molecule is F.O=C1C=CC(=O)N1.O=C1C=CC(=O)N1. The highest BCUT2D eigenvalue weighted by Gasteiger charge is 2.07. The zero-order valence-electron chi connectivity index (χ0n) is 7.35. The Morgan fingerprint density at radius 2 is 0.800 bits per heavy atom. The Labute approximate surface area is 83.4 Å². The highest BCUT2D eigenvalue weighted by Crippen LogP contribution is 1.83. The molecule has 0 aliphatic carbocycles. The van der Waals surface area contributed by atoms with Crippen molar-refractivity contribution in [3.05, 3.63) is 24.3 Å². The molecule has 0 unspecified atom stereocenters. The van der Waals surface area contributed by atoms with Crippen molar-refractivity contribution in [2.75, 3.05) is 0 Å². The van der Waals surface area contributed by atoms with E-state index in [2.05, 4.69) is 0 Å². The van der Waals surface area contributed by atoms with E-state index in [4.69, 9.17) is 0 Å². The molecule has 15 heavy (non-hydrogen) atoms. The Kier molecular flexibility index (Phi) is 4.59. The predicted molar refractivity (Wildman–Crippen MR) is 47.1 cm³/mol. The van der Waals surface area contributed by atoms with Crippen LogP contribution in [0.3, 0.4) is 0 Å². The van der Waals surface area contributed by atoms with Gasteiger partial charge in [-0.05, 0) is 0 Å². The molecule has 2 aliphatic rings. The largest absolute Gasteiger partial charge is 0.289 e. The first kappa shape index (κ1) is 12.7. The molecule has 0 saturated heterocycles. The highest BCUT2D eigenvalue weighted by molar-refractivity contribution is 6.13. The van der Waals surface area contributed by atoms with Crippen molar-refractivity contribution in [1.82, 2.24) is 10.6 Å². The van der Waals surface area contributed by atoms with E-state index in [0.29, 0.717) is 0 Å². The molecule has 0 spiro atoms. The van der Waals surface area contributed by atoms with E-state index in [0.717, 1.165) is 0 Å². The first-order valence-electron chi connectivity index (χ1n) is 3.64. The van der Waals surface area contributed by atoms with Gasteiger partial charge < -0.3 is 0 Å². The molecule has 0 bridgehead atoms. The monoisotopic (exact) mass is 214 g/mol. The van der Waals surface area contributed by atoms with Gasteiger partial charge in [-0.3, -0.25) is 34.5 Å². The minimum absolute atomic E-state index is 0. The maximum absolute atomic E-state index is 10.0. The topological polar surface area (TPSA) is 92.3 Å². The average molecular weight is 214 g/mol. The lowest BCUT2D eigenvalue weighted by Crippen LogP contribution is -2.19. The standard InChI is InChI=1S/2C4H3NO2.FH/c2*6-3-1-2-4(7)5-3;/h2*1-2H,(H,5,6,7);1H. The van der Waals surface area contributed by atoms with Crippen molar-refractivity contribution in [1.29, 1.82) is 0 Å². The number of imide groups is 2. The highest BCUT2D eigenvalue weighted by atomic mass is 19.0. The van der Waals surface area contributed by atoms with Crippen LogP contribution < -0.4 is 10.6 Å². The first-order chi connectivity index (χ1) is 6.58.